The molecule has 0 aliphatic heterocycles. The maximum atomic E-state index is 9.25. The summed E-state index contributed by atoms with van der Waals surface area (Å²) in [4.78, 5) is 8.25. The number of hydrogen-bond donors (Lipinski definition) is 3. The van der Waals surface area contributed by atoms with Crippen LogP contribution in [0.1, 0.15) is 18.1 Å². The topological polar surface area (TPSA) is 127 Å². The smallest absolute Gasteiger partial charge is 0.229 e. The van der Waals surface area contributed by atoms with Crippen molar-refractivity contribution < 1.29 is 9.84 Å². The number of aliphatic hydroxyl groups excluding tert-OH is 1. The summed E-state index contributed by atoms with van der Waals surface area (Å²) in [6, 6.07) is 8.97. The molecule has 3 N–H and O–H groups in total. The molecule has 1 aromatic carbocycles. The molecule has 1 aromatic heterocycles. The van der Waals surface area contributed by atoms with Crippen molar-refractivity contribution >= 4 is 17.5 Å². The molecular weight excluding hydrogens is 308 g/mol. The van der Waals surface area contributed by atoms with E-state index in [4.69, 9.17) is 10.00 Å². The van der Waals surface area contributed by atoms with E-state index in [2.05, 4.69) is 20.6 Å². The third-order valence-corrected chi connectivity index (χ3v) is 2.98. The van der Waals surface area contributed by atoms with Crippen LogP contribution in [0.2, 0.25) is 0 Å². The summed E-state index contributed by atoms with van der Waals surface area (Å²) in [5.74, 6) is 1.09. The van der Waals surface area contributed by atoms with Crippen molar-refractivity contribution in [1.29, 1.82) is 10.5 Å². The van der Waals surface area contributed by atoms with E-state index in [1.165, 1.54) is 6.20 Å². The highest BCUT2D eigenvalue weighted by molar-refractivity contribution is 5.62. The largest absolute Gasteiger partial charge is 0.490 e. The van der Waals surface area contributed by atoms with Crippen molar-refractivity contribution in [2.75, 3.05) is 24.3 Å². The van der Waals surface area contributed by atoms with Crippen molar-refractivity contribution in [2.45, 2.75) is 13.0 Å². The van der Waals surface area contributed by atoms with Crippen molar-refractivity contribution in [3.63, 3.8) is 0 Å². The van der Waals surface area contributed by atoms with Gasteiger partial charge in [-0.1, -0.05) is 0 Å². The van der Waals surface area contributed by atoms with Crippen LogP contribution in [0.15, 0.2) is 24.4 Å². The summed E-state index contributed by atoms with van der Waals surface area (Å²) in [5.41, 5.74) is 1.26. The van der Waals surface area contributed by atoms with Gasteiger partial charge < -0.3 is 20.5 Å². The van der Waals surface area contributed by atoms with E-state index in [9.17, 15) is 10.4 Å². The van der Waals surface area contributed by atoms with Gasteiger partial charge in [-0.2, -0.15) is 15.5 Å². The Labute approximate surface area is 139 Å². The van der Waals surface area contributed by atoms with Gasteiger partial charge in [0.2, 0.25) is 5.95 Å². The first kappa shape index (κ1) is 17.0. The number of ether oxygens (including phenoxy) is 1. The lowest BCUT2D eigenvalue weighted by Crippen LogP contribution is -2.13. The highest BCUT2D eigenvalue weighted by atomic mass is 16.5. The Kier molecular flexibility index (Phi) is 5.50. The lowest BCUT2D eigenvalue weighted by Gasteiger charge is -2.12. The quantitative estimate of drug-likeness (QED) is 0.733. The molecule has 0 aliphatic carbocycles. The van der Waals surface area contributed by atoms with Gasteiger partial charge >= 0.3 is 0 Å². The van der Waals surface area contributed by atoms with E-state index in [1.807, 2.05) is 12.1 Å². The summed E-state index contributed by atoms with van der Waals surface area (Å²) in [7, 11) is 1.66. The predicted octanol–water partition coefficient (Wildman–Crippen LogP) is 1.76. The van der Waals surface area contributed by atoms with Gasteiger partial charge in [0.15, 0.2) is 0 Å². The number of benzene rings is 1. The second-order valence-corrected chi connectivity index (χ2v) is 4.93. The third kappa shape index (κ3) is 4.09. The van der Waals surface area contributed by atoms with Crippen LogP contribution in [0.3, 0.4) is 0 Å². The van der Waals surface area contributed by atoms with Crippen LogP contribution in [0.4, 0.5) is 17.5 Å². The minimum atomic E-state index is -0.624. The minimum absolute atomic E-state index is 0.103. The van der Waals surface area contributed by atoms with Crippen LogP contribution in [0.25, 0.3) is 0 Å². The van der Waals surface area contributed by atoms with Gasteiger partial charge in [-0.15, -0.1) is 0 Å². The molecule has 1 unspecified atom stereocenters. The number of nitrogens with zero attached hydrogens (tertiary/aromatic N) is 4. The van der Waals surface area contributed by atoms with E-state index < -0.39 is 6.10 Å². The fourth-order valence-electron chi connectivity index (χ4n) is 1.87. The number of anilines is 3. The average Bonchev–Trinajstić information content (AvgIpc) is 2.60. The highest BCUT2D eigenvalue weighted by Gasteiger charge is 2.09. The van der Waals surface area contributed by atoms with Crippen LogP contribution < -0.4 is 15.4 Å². The van der Waals surface area contributed by atoms with Crippen molar-refractivity contribution in [3.8, 4) is 17.9 Å². The van der Waals surface area contributed by atoms with Gasteiger partial charge in [-0.3, -0.25) is 0 Å². The number of nitriles is 2. The van der Waals surface area contributed by atoms with Crippen molar-refractivity contribution in [1.82, 2.24) is 9.97 Å². The fourth-order valence-corrected chi connectivity index (χ4v) is 1.87. The second-order valence-electron chi connectivity index (χ2n) is 4.93. The first-order valence-corrected chi connectivity index (χ1v) is 7.14. The Morgan fingerprint density at radius 2 is 2.04 bits per heavy atom. The van der Waals surface area contributed by atoms with Gasteiger partial charge in [0.25, 0.3) is 0 Å². The van der Waals surface area contributed by atoms with Gasteiger partial charge in [0, 0.05) is 12.7 Å². The van der Waals surface area contributed by atoms with Crippen LogP contribution in [-0.4, -0.2) is 34.8 Å². The van der Waals surface area contributed by atoms with Crippen LogP contribution in [0.5, 0.6) is 5.75 Å². The first-order valence-electron chi connectivity index (χ1n) is 7.14. The van der Waals surface area contributed by atoms with Crippen LogP contribution in [0, 0.1) is 22.7 Å². The zero-order valence-corrected chi connectivity index (χ0v) is 13.2. The van der Waals surface area contributed by atoms with Gasteiger partial charge in [0.1, 0.15) is 35.9 Å². The molecule has 1 atom stereocenters. The first-order chi connectivity index (χ1) is 11.6. The molecule has 0 radical (unpaired) electrons. The molecule has 0 fully saturated rings. The van der Waals surface area contributed by atoms with E-state index in [1.54, 1.807) is 32.2 Å². The lowest BCUT2D eigenvalue weighted by atomic mass is 10.2. The lowest BCUT2D eigenvalue weighted by molar-refractivity contribution is 0.122. The second kappa shape index (κ2) is 7.77. The van der Waals surface area contributed by atoms with Gasteiger partial charge in [-0.05, 0) is 25.1 Å². The predicted molar refractivity (Wildman–Crippen MR) is 87.9 cm³/mol. The highest BCUT2D eigenvalue weighted by Crippen LogP contribution is 2.24. The van der Waals surface area contributed by atoms with E-state index in [-0.39, 0.29) is 6.61 Å². The number of nitrogens with one attached hydrogen (secondary N) is 2. The summed E-state index contributed by atoms with van der Waals surface area (Å²) in [5, 5.41) is 33.2. The van der Waals surface area contributed by atoms with Crippen molar-refractivity contribution in [3.05, 3.63) is 35.5 Å². The van der Waals surface area contributed by atoms with Gasteiger partial charge in [-0.25, -0.2) is 4.98 Å². The zero-order valence-electron chi connectivity index (χ0n) is 13.2. The molecule has 2 aromatic rings. The average molecular weight is 324 g/mol. The Hall–Kier alpha value is -3.36. The summed E-state index contributed by atoms with van der Waals surface area (Å²) < 4.78 is 5.38. The number of rotatable bonds is 6. The molecule has 0 aliphatic rings. The summed E-state index contributed by atoms with van der Waals surface area (Å²) in [6.45, 7) is 1.70. The Balaban J connectivity index is 2.22. The standard InChI is InChI=1S/C16H16N6O2/c1-10(23)9-24-14-4-3-13(5-11(14)6-17)21-16-20-8-12(7-18)15(19-2)22-16/h3-5,8,10,23H,9H2,1-2H3,(H2,19,20,21,22). The maximum Gasteiger partial charge on any atom is 0.229 e. The molecule has 0 saturated heterocycles. The molecule has 8 nitrogen and oxygen atoms in total. The van der Waals surface area contributed by atoms with Crippen LogP contribution >= 0.6 is 0 Å². The van der Waals surface area contributed by atoms with Crippen molar-refractivity contribution in [2.24, 2.45) is 0 Å². The Bertz CT molecular complexity index is 807. The minimum Gasteiger partial charge on any atom is -0.490 e. The molecule has 24 heavy (non-hydrogen) atoms. The Morgan fingerprint density at radius 3 is 2.67 bits per heavy atom. The third-order valence-electron chi connectivity index (χ3n) is 2.98. The SMILES string of the molecule is CNc1nc(Nc2ccc(OCC(C)O)c(C#N)c2)ncc1C#N. The maximum absolute atomic E-state index is 9.25. The molecule has 1 heterocycles. The normalized spacial score (nSPS) is 11.0. The van der Waals surface area contributed by atoms with Crippen LogP contribution in [-0.2, 0) is 0 Å². The molecule has 0 saturated carbocycles. The molecule has 122 valence electrons. The summed E-state index contributed by atoms with van der Waals surface area (Å²) >= 11 is 0. The molecular formula is C16H16N6O2. The van der Waals surface area contributed by atoms with E-state index >= 15 is 0 Å². The monoisotopic (exact) mass is 324 g/mol. The zero-order chi connectivity index (χ0) is 17.5. The molecule has 0 amide bonds. The Morgan fingerprint density at radius 1 is 1.29 bits per heavy atom. The molecule has 2 rings (SSSR count). The van der Waals surface area contributed by atoms with E-state index in [0.717, 1.165) is 0 Å². The molecule has 0 spiro atoms. The molecule has 8 heteroatoms. The summed E-state index contributed by atoms with van der Waals surface area (Å²) in [6.07, 6.45) is 0.785. The number of aliphatic hydroxyl groups is 1. The van der Waals surface area contributed by atoms with Gasteiger partial charge in [0.05, 0.1) is 17.9 Å². The fraction of sp³-hybridized carbons (Fsp3) is 0.250. The number of hydrogen-bond acceptors (Lipinski definition) is 8. The molecule has 0 bridgehead atoms. The van der Waals surface area contributed by atoms with E-state index in [0.29, 0.717) is 34.3 Å². The number of aromatic nitrogens is 2.